The molecule has 2 N–H and O–H groups in total. The van der Waals surface area contributed by atoms with Crippen LogP contribution in [0.15, 0.2) is 53.2 Å². The molecule has 0 fully saturated rings. The highest BCUT2D eigenvalue weighted by Gasteiger charge is 2.29. The van der Waals surface area contributed by atoms with Crippen molar-refractivity contribution in [3.63, 3.8) is 0 Å². The highest BCUT2D eigenvalue weighted by Crippen LogP contribution is 2.36. The van der Waals surface area contributed by atoms with Gasteiger partial charge in [0.1, 0.15) is 5.82 Å². The third-order valence-corrected chi connectivity index (χ3v) is 5.91. The summed E-state index contributed by atoms with van der Waals surface area (Å²) in [6, 6.07) is 14.3. The van der Waals surface area contributed by atoms with Gasteiger partial charge in [0.2, 0.25) is 0 Å². The number of aryl methyl sites for hydroxylation is 1. The number of benzene rings is 1. The molecule has 27 heavy (non-hydrogen) atoms. The van der Waals surface area contributed by atoms with Crippen molar-refractivity contribution in [1.82, 2.24) is 19.8 Å². The van der Waals surface area contributed by atoms with E-state index in [4.69, 9.17) is 5.10 Å². The summed E-state index contributed by atoms with van der Waals surface area (Å²) in [6.07, 6.45) is 1.96. The highest BCUT2D eigenvalue weighted by atomic mass is 32.1. The van der Waals surface area contributed by atoms with Crippen LogP contribution in [0.2, 0.25) is 0 Å². The summed E-state index contributed by atoms with van der Waals surface area (Å²) in [4.78, 5) is 0. The van der Waals surface area contributed by atoms with Gasteiger partial charge in [-0.05, 0) is 47.5 Å². The Morgan fingerprint density at radius 2 is 2.07 bits per heavy atom. The van der Waals surface area contributed by atoms with E-state index in [9.17, 15) is 5.11 Å². The Morgan fingerprint density at radius 3 is 2.93 bits per heavy atom. The summed E-state index contributed by atoms with van der Waals surface area (Å²) in [5, 5.41) is 30.7. The molecule has 3 heterocycles. The number of aliphatic hydroxyl groups is 1. The second kappa shape index (κ2) is 6.75. The summed E-state index contributed by atoms with van der Waals surface area (Å²) < 4.78 is 1.77. The molecule has 0 saturated heterocycles. The van der Waals surface area contributed by atoms with Crippen LogP contribution in [0.5, 0.6) is 0 Å². The third-order valence-electron chi connectivity index (χ3n) is 5.23. The minimum absolute atomic E-state index is 0.0333. The largest absolute Gasteiger partial charge is 0.396 e. The van der Waals surface area contributed by atoms with Crippen molar-refractivity contribution in [3.05, 3.63) is 64.4 Å². The van der Waals surface area contributed by atoms with Gasteiger partial charge in [-0.2, -0.15) is 15.9 Å². The van der Waals surface area contributed by atoms with E-state index >= 15 is 0 Å². The molecule has 1 aromatic carbocycles. The maximum absolute atomic E-state index is 9.89. The molecule has 5 rings (SSSR count). The quantitative estimate of drug-likeness (QED) is 0.569. The number of nitrogens with one attached hydrogen (secondary N) is 1. The average Bonchev–Trinajstić information content (AvgIpc) is 3.37. The number of hydrogen-bond donors (Lipinski definition) is 2. The molecule has 6 nitrogen and oxygen atoms in total. The Kier molecular flexibility index (Phi) is 4.10. The Labute approximate surface area is 160 Å². The van der Waals surface area contributed by atoms with Crippen LogP contribution in [0, 0.1) is 5.92 Å². The summed E-state index contributed by atoms with van der Waals surface area (Å²) in [5.74, 6) is 1.64. The molecule has 1 aliphatic carbocycles. The highest BCUT2D eigenvalue weighted by molar-refractivity contribution is 7.08. The molecule has 2 unspecified atom stereocenters. The van der Waals surface area contributed by atoms with Gasteiger partial charge in [0.15, 0.2) is 11.5 Å². The van der Waals surface area contributed by atoms with Gasteiger partial charge in [0, 0.05) is 23.5 Å². The molecule has 0 amide bonds. The topological polar surface area (TPSA) is 75.3 Å². The first-order valence-corrected chi connectivity index (χ1v) is 9.98. The number of aromatic nitrogens is 4. The maximum atomic E-state index is 9.89. The first-order chi connectivity index (χ1) is 13.3. The molecule has 3 aromatic heterocycles. The fourth-order valence-corrected chi connectivity index (χ4v) is 4.45. The second-order valence-corrected chi connectivity index (χ2v) is 7.61. The second-order valence-electron chi connectivity index (χ2n) is 6.83. The molecule has 1 aliphatic rings. The van der Waals surface area contributed by atoms with E-state index in [2.05, 4.69) is 39.8 Å². The molecule has 0 saturated carbocycles. The summed E-state index contributed by atoms with van der Waals surface area (Å²) in [6.45, 7) is 0.154. The first-order valence-electron chi connectivity index (χ1n) is 9.04. The predicted octanol–water partition coefficient (Wildman–Crippen LogP) is 3.56. The fourth-order valence-electron chi connectivity index (χ4n) is 3.82. The van der Waals surface area contributed by atoms with E-state index in [1.165, 1.54) is 11.1 Å². The Bertz CT molecular complexity index is 1080. The Morgan fingerprint density at radius 1 is 1.15 bits per heavy atom. The maximum Gasteiger partial charge on any atom is 0.186 e. The molecule has 0 radical (unpaired) electrons. The number of aliphatic hydroxyl groups excluding tert-OH is 1. The number of hydrogen-bond acceptors (Lipinski definition) is 6. The van der Waals surface area contributed by atoms with Crippen LogP contribution in [0.4, 0.5) is 5.82 Å². The molecule has 7 heteroatoms. The smallest absolute Gasteiger partial charge is 0.186 e. The minimum atomic E-state index is 0.0333. The number of rotatable bonds is 4. The Hall–Kier alpha value is -2.77. The predicted molar refractivity (Wildman–Crippen MR) is 106 cm³/mol. The lowest BCUT2D eigenvalue weighted by Gasteiger charge is -2.33. The van der Waals surface area contributed by atoms with Crippen LogP contribution >= 0.6 is 11.3 Å². The SMILES string of the molecule is OCC1CCc2ccccc2C1Nc1ccc2nnc(-c3ccsc3)n2n1. The van der Waals surface area contributed by atoms with E-state index in [1.807, 2.05) is 29.0 Å². The molecule has 0 bridgehead atoms. The summed E-state index contributed by atoms with van der Waals surface area (Å²) in [5.41, 5.74) is 4.30. The average molecular weight is 377 g/mol. The molecular weight excluding hydrogens is 358 g/mol. The van der Waals surface area contributed by atoms with Crippen molar-refractivity contribution in [2.75, 3.05) is 11.9 Å². The third kappa shape index (κ3) is 2.89. The normalized spacial score (nSPS) is 19.1. The van der Waals surface area contributed by atoms with Gasteiger partial charge < -0.3 is 10.4 Å². The van der Waals surface area contributed by atoms with Gasteiger partial charge in [-0.3, -0.25) is 0 Å². The van der Waals surface area contributed by atoms with Crippen LogP contribution in [-0.4, -0.2) is 31.5 Å². The van der Waals surface area contributed by atoms with Crippen molar-refractivity contribution in [3.8, 4) is 11.4 Å². The van der Waals surface area contributed by atoms with Crippen molar-refractivity contribution in [2.45, 2.75) is 18.9 Å². The zero-order valence-corrected chi connectivity index (χ0v) is 15.4. The number of thiophene rings is 1. The molecule has 2 atom stereocenters. The molecule has 0 spiro atoms. The Balaban J connectivity index is 1.53. The van der Waals surface area contributed by atoms with E-state index < -0.39 is 0 Å². The van der Waals surface area contributed by atoms with Crippen LogP contribution in [0.3, 0.4) is 0 Å². The summed E-state index contributed by atoms with van der Waals surface area (Å²) >= 11 is 1.62. The molecular formula is C20H19N5OS. The summed E-state index contributed by atoms with van der Waals surface area (Å²) in [7, 11) is 0. The van der Waals surface area contributed by atoms with Gasteiger partial charge in [0.05, 0.1) is 6.04 Å². The molecule has 136 valence electrons. The zero-order valence-electron chi connectivity index (χ0n) is 14.6. The van der Waals surface area contributed by atoms with Gasteiger partial charge in [0.25, 0.3) is 0 Å². The van der Waals surface area contributed by atoms with Crippen molar-refractivity contribution >= 4 is 22.8 Å². The van der Waals surface area contributed by atoms with Gasteiger partial charge in [-0.1, -0.05) is 24.3 Å². The standard InChI is InChI=1S/C20H19N5OS/c26-11-14-6-5-13-3-1-2-4-16(13)19(14)21-17-7-8-18-22-23-20(25(18)24-17)15-9-10-27-12-15/h1-4,7-10,12,14,19,26H,5-6,11H2,(H,21,24). The van der Waals surface area contributed by atoms with E-state index in [-0.39, 0.29) is 18.6 Å². The van der Waals surface area contributed by atoms with Crippen LogP contribution < -0.4 is 5.32 Å². The van der Waals surface area contributed by atoms with E-state index in [0.717, 1.165) is 30.0 Å². The van der Waals surface area contributed by atoms with Crippen molar-refractivity contribution < 1.29 is 5.11 Å². The lowest BCUT2D eigenvalue weighted by Crippen LogP contribution is -2.29. The number of fused-ring (bicyclic) bond motifs is 2. The molecule has 4 aromatic rings. The fraction of sp³-hybridized carbons (Fsp3) is 0.250. The zero-order chi connectivity index (χ0) is 18.2. The van der Waals surface area contributed by atoms with Crippen LogP contribution in [-0.2, 0) is 6.42 Å². The minimum Gasteiger partial charge on any atom is -0.396 e. The van der Waals surface area contributed by atoms with E-state index in [1.54, 1.807) is 15.9 Å². The monoisotopic (exact) mass is 377 g/mol. The van der Waals surface area contributed by atoms with Crippen molar-refractivity contribution in [1.29, 1.82) is 0 Å². The number of anilines is 1. The molecule has 0 aliphatic heterocycles. The van der Waals surface area contributed by atoms with Gasteiger partial charge in [-0.15, -0.1) is 15.3 Å². The van der Waals surface area contributed by atoms with Crippen LogP contribution in [0.25, 0.3) is 17.0 Å². The number of nitrogens with zero attached hydrogens (tertiary/aromatic N) is 4. The first kappa shape index (κ1) is 16.4. The van der Waals surface area contributed by atoms with Gasteiger partial charge in [-0.25, -0.2) is 0 Å². The van der Waals surface area contributed by atoms with E-state index in [0.29, 0.717) is 5.65 Å². The lowest BCUT2D eigenvalue weighted by molar-refractivity contribution is 0.196. The van der Waals surface area contributed by atoms with Crippen molar-refractivity contribution in [2.24, 2.45) is 5.92 Å². The van der Waals surface area contributed by atoms with Crippen LogP contribution in [0.1, 0.15) is 23.6 Å². The lowest BCUT2D eigenvalue weighted by atomic mass is 9.80. The van der Waals surface area contributed by atoms with Gasteiger partial charge >= 0.3 is 0 Å².